The minimum Gasteiger partial charge on any atom is -0.324 e. The Kier molecular flexibility index (Phi) is 6.15. The molecule has 1 atom stereocenters. The first-order valence-corrected chi connectivity index (χ1v) is 8.00. The van der Waals surface area contributed by atoms with E-state index in [2.05, 4.69) is 23.6 Å². The molecule has 0 bridgehead atoms. The maximum Gasteiger partial charge on any atom is 0.123 e. The van der Waals surface area contributed by atoms with Gasteiger partial charge in [-0.1, -0.05) is 26.0 Å². The third kappa shape index (κ3) is 5.38. The van der Waals surface area contributed by atoms with Gasteiger partial charge >= 0.3 is 0 Å². The molecule has 1 aromatic carbocycles. The lowest BCUT2D eigenvalue weighted by Crippen LogP contribution is -2.47. The zero-order valence-corrected chi connectivity index (χ0v) is 13.3. The number of nitrogens with two attached hydrogens (primary N) is 1. The second-order valence-electron chi connectivity index (χ2n) is 6.49. The average Bonchev–Trinajstić information content (AvgIpc) is 2.45. The fourth-order valence-electron chi connectivity index (χ4n) is 2.94. The molecule has 4 heteroatoms. The van der Waals surface area contributed by atoms with Crippen LogP contribution >= 0.6 is 0 Å². The number of benzene rings is 1. The standard InChI is InChI=1S/C17H28FN3/c1-14(2)13-21-10-8-20(9-11-21)7-6-17(19)15-4-3-5-16(18)12-15/h3-5,12,14,17H,6-11,13,19H2,1-2H3. The molecule has 1 heterocycles. The molecule has 2 rings (SSSR count). The van der Waals surface area contributed by atoms with E-state index in [-0.39, 0.29) is 11.9 Å². The lowest BCUT2D eigenvalue weighted by atomic mass is 10.0. The molecule has 0 amide bonds. The largest absolute Gasteiger partial charge is 0.324 e. The molecule has 1 unspecified atom stereocenters. The molecule has 1 aromatic rings. The summed E-state index contributed by atoms with van der Waals surface area (Å²) in [5.41, 5.74) is 7.07. The van der Waals surface area contributed by atoms with Crippen LogP contribution in [-0.2, 0) is 0 Å². The van der Waals surface area contributed by atoms with Gasteiger partial charge in [0.2, 0.25) is 0 Å². The topological polar surface area (TPSA) is 32.5 Å². The predicted octanol–water partition coefficient (Wildman–Crippen LogP) is 2.49. The smallest absolute Gasteiger partial charge is 0.123 e. The van der Waals surface area contributed by atoms with Crippen molar-refractivity contribution < 1.29 is 4.39 Å². The first-order valence-electron chi connectivity index (χ1n) is 8.00. The van der Waals surface area contributed by atoms with E-state index in [0.717, 1.165) is 50.6 Å². The van der Waals surface area contributed by atoms with Gasteiger partial charge < -0.3 is 15.5 Å². The van der Waals surface area contributed by atoms with Crippen LogP contribution in [-0.4, -0.2) is 49.1 Å². The molecule has 2 N–H and O–H groups in total. The van der Waals surface area contributed by atoms with Crippen molar-refractivity contribution in [1.29, 1.82) is 0 Å². The lowest BCUT2D eigenvalue weighted by Gasteiger charge is -2.35. The van der Waals surface area contributed by atoms with Crippen molar-refractivity contribution in [3.63, 3.8) is 0 Å². The van der Waals surface area contributed by atoms with Crippen molar-refractivity contribution in [2.75, 3.05) is 39.3 Å². The van der Waals surface area contributed by atoms with Gasteiger partial charge in [-0.15, -0.1) is 0 Å². The Morgan fingerprint density at radius 3 is 2.43 bits per heavy atom. The Morgan fingerprint density at radius 2 is 1.81 bits per heavy atom. The highest BCUT2D eigenvalue weighted by atomic mass is 19.1. The van der Waals surface area contributed by atoms with E-state index in [1.165, 1.54) is 12.6 Å². The second kappa shape index (κ2) is 7.87. The van der Waals surface area contributed by atoms with E-state index in [1.807, 2.05) is 6.07 Å². The number of hydrogen-bond acceptors (Lipinski definition) is 3. The van der Waals surface area contributed by atoms with Crippen molar-refractivity contribution in [3.05, 3.63) is 35.6 Å². The van der Waals surface area contributed by atoms with Crippen LogP contribution < -0.4 is 5.73 Å². The summed E-state index contributed by atoms with van der Waals surface area (Å²) in [5.74, 6) is 0.531. The molecule has 1 aliphatic rings. The van der Waals surface area contributed by atoms with Crippen LogP contribution in [0.15, 0.2) is 24.3 Å². The number of piperazine rings is 1. The Balaban J connectivity index is 1.72. The minimum atomic E-state index is -0.203. The predicted molar refractivity (Wildman–Crippen MR) is 85.7 cm³/mol. The SMILES string of the molecule is CC(C)CN1CCN(CCC(N)c2cccc(F)c2)CC1. The lowest BCUT2D eigenvalue weighted by molar-refractivity contribution is 0.120. The maximum absolute atomic E-state index is 13.2. The van der Waals surface area contributed by atoms with Gasteiger partial charge in [-0.2, -0.15) is 0 Å². The van der Waals surface area contributed by atoms with Crippen LogP contribution in [0, 0.1) is 11.7 Å². The summed E-state index contributed by atoms with van der Waals surface area (Å²) in [4.78, 5) is 5.00. The zero-order valence-electron chi connectivity index (χ0n) is 13.3. The van der Waals surface area contributed by atoms with E-state index < -0.39 is 0 Å². The minimum absolute atomic E-state index is 0.0746. The normalized spacial score (nSPS) is 19.1. The van der Waals surface area contributed by atoms with Gasteiger partial charge in [0.1, 0.15) is 5.82 Å². The second-order valence-corrected chi connectivity index (χ2v) is 6.49. The number of halogens is 1. The van der Waals surface area contributed by atoms with Gasteiger partial charge in [-0.05, 0) is 30.0 Å². The fraction of sp³-hybridized carbons (Fsp3) is 0.647. The third-order valence-corrected chi connectivity index (χ3v) is 4.12. The van der Waals surface area contributed by atoms with Crippen LogP contribution in [0.5, 0.6) is 0 Å². The summed E-state index contributed by atoms with van der Waals surface area (Å²) in [6.07, 6.45) is 0.883. The van der Waals surface area contributed by atoms with Crippen molar-refractivity contribution in [3.8, 4) is 0 Å². The summed E-state index contributed by atoms with van der Waals surface area (Å²) in [5, 5.41) is 0. The quantitative estimate of drug-likeness (QED) is 0.874. The van der Waals surface area contributed by atoms with Gasteiger partial charge in [-0.3, -0.25) is 0 Å². The van der Waals surface area contributed by atoms with Crippen LogP contribution in [0.2, 0.25) is 0 Å². The third-order valence-electron chi connectivity index (χ3n) is 4.12. The Labute approximate surface area is 127 Å². The zero-order chi connectivity index (χ0) is 15.2. The molecule has 21 heavy (non-hydrogen) atoms. The number of rotatable bonds is 6. The molecule has 1 aliphatic heterocycles. The molecular formula is C17H28FN3. The van der Waals surface area contributed by atoms with E-state index >= 15 is 0 Å². The summed E-state index contributed by atoms with van der Waals surface area (Å²) in [6, 6.07) is 6.58. The van der Waals surface area contributed by atoms with Gasteiger partial charge in [0.15, 0.2) is 0 Å². The van der Waals surface area contributed by atoms with Gasteiger partial charge in [-0.25, -0.2) is 4.39 Å². The van der Waals surface area contributed by atoms with Crippen LogP contribution in [0.25, 0.3) is 0 Å². The van der Waals surface area contributed by atoms with E-state index in [9.17, 15) is 4.39 Å². The molecule has 0 aromatic heterocycles. The molecule has 118 valence electrons. The summed E-state index contributed by atoms with van der Waals surface area (Å²) in [6.45, 7) is 11.2. The summed E-state index contributed by atoms with van der Waals surface area (Å²) in [7, 11) is 0. The number of hydrogen-bond donors (Lipinski definition) is 1. The van der Waals surface area contributed by atoms with Gasteiger partial charge in [0.25, 0.3) is 0 Å². The first kappa shape index (κ1) is 16.4. The number of nitrogens with zero attached hydrogens (tertiary/aromatic N) is 2. The molecule has 3 nitrogen and oxygen atoms in total. The van der Waals surface area contributed by atoms with Gasteiger partial charge in [0.05, 0.1) is 0 Å². The molecule has 1 saturated heterocycles. The van der Waals surface area contributed by atoms with E-state index in [4.69, 9.17) is 5.73 Å². The van der Waals surface area contributed by atoms with Crippen molar-refractivity contribution in [1.82, 2.24) is 9.80 Å². The Bertz CT molecular complexity index is 428. The van der Waals surface area contributed by atoms with Crippen LogP contribution in [0.4, 0.5) is 4.39 Å². The molecule has 0 aliphatic carbocycles. The van der Waals surface area contributed by atoms with Crippen LogP contribution in [0.3, 0.4) is 0 Å². The van der Waals surface area contributed by atoms with Crippen molar-refractivity contribution in [2.45, 2.75) is 26.3 Å². The molecular weight excluding hydrogens is 265 g/mol. The Morgan fingerprint density at radius 1 is 1.14 bits per heavy atom. The Hall–Kier alpha value is -0.970. The molecule has 1 fully saturated rings. The van der Waals surface area contributed by atoms with Crippen LogP contribution in [0.1, 0.15) is 31.9 Å². The fourth-order valence-corrected chi connectivity index (χ4v) is 2.94. The monoisotopic (exact) mass is 293 g/mol. The highest BCUT2D eigenvalue weighted by Gasteiger charge is 2.18. The molecule has 0 radical (unpaired) electrons. The van der Waals surface area contributed by atoms with Crippen molar-refractivity contribution in [2.24, 2.45) is 11.7 Å². The van der Waals surface area contributed by atoms with Crippen molar-refractivity contribution >= 4 is 0 Å². The highest BCUT2D eigenvalue weighted by Crippen LogP contribution is 2.16. The van der Waals surface area contributed by atoms with E-state index in [1.54, 1.807) is 12.1 Å². The van der Waals surface area contributed by atoms with E-state index in [0.29, 0.717) is 0 Å². The van der Waals surface area contributed by atoms with Gasteiger partial charge in [0, 0.05) is 45.3 Å². The molecule has 0 saturated carbocycles. The average molecular weight is 293 g/mol. The summed E-state index contributed by atoms with van der Waals surface area (Å²) < 4.78 is 13.2. The molecule has 0 spiro atoms. The first-order chi connectivity index (χ1) is 10.0. The summed E-state index contributed by atoms with van der Waals surface area (Å²) >= 11 is 0. The highest BCUT2D eigenvalue weighted by molar-refractivity contribution is 5.19. The maximum atomic E-state index is 13.2.